The molecule has 0 spiro atoms. The second-order valence-corrected chi connectivity index (χ2v) is 6.00. The summed E-state index contributed by atoms with van der Waals surface area (Å²) in [6.07, 6.45) is 1.03. The summed E-state index contributed by atoms with van der Waals surface area (Å²) in [4.78, 5) is 0. The first kappa shape index (κ1) is 14.6. The SMILES string of the molecule is CC(C)(CCN)CNc1ccc(-c2ccccc2)cc1. The van der Waals surface area contributed by atoms with Crippen LogP contribution >= 0.6 is 0 Å². The number of hydrogen-bond donors (Lipinski definition) is 2. The molecule has 2 aromatic carbocycles. The maximum atomic E-state index is 5.64. The molecule has 2 nitrogen and oxygen atoms in total. The van der Waals surface area contributed by atoms with Crippen LogP contribution in [0.3, 0.4) is 0 Å². The van der Waals surface area contributed by atoms with Crippen molar-refractivity contribution < 1.29 is 0 Å². The van der Waals surface area contributed by atoms with Gasteiger partial charge in [-0.05, 0) is 41.6 Å². The summed E-state index contributed by atoms with van der Waals surface area (Å²) in [7, 11) is 0. The third-order valence-electron chi connectivity index (χ3n) is 3.58. The lowest BCUT2D eigenvalue weighted by molar-refractivity contribution is 0.365. The van der Waals surface area contributed by atoms with Crippen LogP contribution in [0, 0.1) is 5.41 Å². The van der Waals surface area contributed by atoms with E-state index in [1.807, 2.05) is 6.07 Å². The van der Waals surface area contributed by atoms with Gasteiger partial charge in [0.15, 0.2) is 0 Å². The van der Waals surface area contributed by atoms with E-state index in [1.54, 1.807) is 0 Å². The van der Waals surface area contributed by atoms with Crippen molar-refractivity contribution in [3.63, 3.8) is 0 Å². The van der Waals surface area contributed by atoms with Crippen LogP contribution in [0.1, 0.15) is 20.3 Å². The Balaban J connectivity index is 1.99. The lowest BCUT2D eigenvalue weighted by Gasteiger charge is -2.24. The summed E-state index contributed by atoms with van der Waals surface area (Å²) < 4.78 is 0. The van der Waals surface area contributed by atoms with E-state index in [-0.39, 0.29) is 5.41 Å². The van der Waals surface area contributed by atoms with E-state index < -0.39 is 0 Å². The fraction of sp³-hybridized carbons (Fsp3) is 0.333. The Hall–Kier alpha value is -1.80. The van der Waals surface area contributed by atoms with Gasteiger partial charge in [-0.2, -0.15) is 0 Å². The molecule has 0 aliphatic carbocycles. The van der Waals surface area contributed by atoms with Gasteiger partial charge in [0.2, 0.25) is 0 Å². The normalized spacial score (nSPS) is 11.3. The van der Waals surface area contributed by atoms with Crippen molar-refractivity contribution in [2.45, 2.75) is 20.3 Å². The number of hydrogen-bond acceptors (Lipinski definition) is 2. The molecule has 0 unspecified atom stereocenters. The average molecular weight is 268 g/mol. The molecule has 0 saturated heterocycles. The molecule has 20 heavy (non-hydrogen) atoms. The minimum Gasteiger partial charge on any atom is -0.385 e. The highest BCUT2D eigenvalue weighted by atomic mass is 14.9. The van der Waals surface area contributed by atoms with Gasteiger partial charge in [-0.1, -0.05) is 56.3 Å². The second kappa shape index (κ2) is 6.58. The summed E-state index contributed by atoms with van der Waals surface area (Å²) in [6.45, 7) is 6.16. The van der Waals surface area contributed by atoms with Gasteiger partial charge >= 0.3 is 0 Å². The van der Waals surface area contributed by atoms with Gasteiger partial charge in [0.25, 0.3) is 0 Å². The van der Waals surface area contributed by atoms with Crippen LogP contribution in [0.15, 0.2) is 54.6 Å². The number of benzene rings is 2. The van der Waals surface area contributed by atoms with Crippen molar-refractivity contribution >= 4 is 5.69 Å². The van der Waals surface area contributed by atoms with E-state index in [0.717, 1.165) is 25.2 Å². The molecule has 0 bridgehead atoms. The molecule has 0 fully saturated rings. The third-order valence-corrected chi connectivity index (χ3v) is 3.58. The predicted octanol–water partition coefficient (Wildman–Crippen LogP) is 4.14. The van der Waals surface area contributed by atoms with Crippen molar-refractivity contribution in [3.05, 3.63) is 54.6 Å². The highest BCUT2D eigenvalue weighted by Gasteiger charge is 2.16. The van der Waals surface area contributed by atoms with E-state index >= 15 is 0 Å². The molecular formula is C18H24N2. The van der Waals surface area contributed by atoms with E-state index in [2.05, 4.69) is 67.7 Å². The van der Waals surface area contributed by atoms with Crippen molar-refractivity contribution in [1.82, 2.24) is 0 Å². The molecule has 0 heterocycles. The lowest BCUT2D eigenvalue weighted by Crippen LogP contribution is -2.26. The number of anilines is 1. The Bertz CT molecular complexity index is 515. The minimum absolute atomic E-state index is 0.229. The Morgan fingerprint density at radius 2 is 1.50 bits per heavy atom. The molecule has 2 aromatic rings. The first-order valence-electron chi connectivity index (χ1n) is 7.20. The van der Waals surface area contributed by atoms with Crippen LogP contribution in [0.25, 0.3) is 11.1 Å². The molecule has 0 radical (unpaired) electrons. The smallest absolute Gasteiger partial charge is 0.0340 e. The van der Waals surface area contributed by atoms with Crippen LogP contribution in [0.4, 0.5) is 5.69 Å². The quantitative estimate of drug-likeness (QED) is 0.826. The number of rotatable bonds is 6. The highest BCUT2D eigenvalue weighted by molar-refractivity contribution is 5.65. The van der Waals surface area contributed by atoms with Crippen molar-refractivity contribution in [2.24, 2.45) is 11.1 Å². The molecule has 0 atom stereocenters. The zero-order valence-corrected chi connectivity index (χ0v) is 12.4. The van der Waals surface area contributed by atoms with Gasteiger partial charge in [0.05, 0.1) is 0 Å². The molecule has 0 saturated carbocycles. The first-order valence-corrected chi connectivity index (χ1v) is 7.20. The van der Waals surface area contributed by atoms with E-state index in [0.29, 0.717) is 0 Å². The second-order valence-electron chi connectivity index (χ2n) is 6.00. The van der Waals surface area contributed by atoms with Crippen molar-refractivity contribution in [3.8, 4) is 11.1 Å². The molecule has 2 rings (SSSR count). The summed E-state index contributed by atoms with van der Waals surface area (Å²) >= 11 is 0. The van der Waals surface area contributed by atoms with Crippen LogP contribution < -0.4 is 11.1 Å². The topological polar surface area (TPSA) is 38.0 Å². The number of nitrogens with one attached hydrogen (secondary N) is 1. The molecule has 0 aliphatic rings. The molecule has 2 heteroatoms. The molecule has 0 aromatic heterocycles. The molecular weight excluding hydrogens is 244 g/mol. The zero-order valence-electron chi connectivity index (χ0n) is 12.4. The fourth-order valence-corrected chi connectivity index (χ4v) is 2.23. The van der Waals surface area contributed by atoms with Gasteiger partial charge < -0.3 is 11.1 Å². The molecule has 3 N–H and O–H groups in total. The standard InChI is InChI=1S/C18H24N2/c1-18(2,12-13-19)14-20-17-10-8-16(9-11-17)15-6-4-3-5-7-15/h3-11,20H,12-14,19H2,1-2H3. The zero-order chi connectivity index (χ0) is 14.4. The lowest BCUT2D eigenvalue weighted by atomic mass is 9.89. The van der Waals surface area contributed by atoms with E-state index in [4.69, 9.17) is 5.73 Å². The molecule has 0 amide bonds. The monoisotopic (exact) mass is 268 g/mol. The Morgan fingerprint density at radius 1 is 0.900 bits per heavy atom. The van der Waals surface area contributed by atoms with E-state index in [9.17, 15) is 0 Å². The fourth-order valence-electron chi connectivity index (χ4n) is 2.23. The summed E-state index contributed by atoms with van der Waals surface area (Å²) in [6, 6.07) is 19.0. The van der Waals surface area contributed by atoms with Crippen LogP contribution in [0.5, 0.6) is 0 Å². The summed E-state index contributed by atoms with van der Waals surface area (Å²) in [5, 5.41) is 3.49. The van der Waals surface area contributed by atoms with Gasteiger partial charge in [-0.25, -0.2) is 0 Å². The molecule has 0 aliphatic heterocycles. The van der Waals surface area contributed by atoms with Gasteiger partial charge in [0.1, 0.15) is 0 Å². The van der Waals surface area contributed by atoms with Crippen molar-refractivity contribution in [1.29, 1.82) is 0 Å². The van der Waals surface area contributed by atoms with Gasteiger partial charge in [-0.3, -0.25) is 0 Å². The highest BCUT2D eigenvalue weighted by Crippen LogP contribution is 2.23. The predicted molar refractivity (Wildman–Crippen MR) is 87.8 cm³/mol. The Kier molecular flexibility index (Phi) is 4.80. The maximum Gasteiger partial charge on any atom is 0.0340 e. The maximum absolute atomic E-state index is 5.64. The van der Waals surface area contributed by atoms with Crippen LogP contribution in [0.2, 0.25) is 0 Å². The van der Waals surface area contributed by atoms with Crippen LogP contribution in [-0.4, -0.2) is 13.1 Å². The van der Waals surface area contributed by atoms with E-state index in [1.165, 1.54) is 11.1 Å². The summed E-state index contributed by atoms with van der Waals surface area (Å²) in [5.41, 5.74) is 9.53. The van der Waals surface area contributed by atoms with Gasteiger partial charge in [-0.15, -0.1) is 0 Å². The Morgan fingerprint density at radius 3 is 2.10 bits per heavy atom. The minimum atomic E-state index is 0.229. The Labute approximate surface area is 122 Å². The largest absolute Gasteiger partial charge is 0.385 e. The third kappa shape index (κ3) is 4.10. The first-order chi connectivity index (χ1) is 9.61. The molecule has 106 valence electrons. The number of nitrogens with two attached hydrogens (primary N) is 1. The summed E-state index contributed by atoms with van der Waals surface area (Å²) in [5.74, 6) is 0. The average Bonchev–Trinajstić information content (AvgIpc) is 2.47. The van der Waals surface area contributed by atoms with Crippen LogP contribution in [-0.2, 0) is 0 Å². The van der Waals surface area contributed by atoms with Gasteiger partial charge in [0, 0.05) is 12.2 Å². The van der Waals surface area contributed by atoms with Crippen molar-refractivity contribution in [2.75, 3.05) is 18.4 Å².